The van der Waals surface area contributed by atoms with Crippen molar-refractivity contribution in [3.8, 4) is 11.5 Å². The first-order valence-electron chi connectivity index (χ1n) is 15.3. The molecule has 3 nitrogen and oxygen atoms in total. The molecule has 0 aromatic heterocycles. The van der Waals surface area contributed by atoms with Gasteiger partial charge in [0.1, 0.15) is 0 Å². The molecule has 42 heavy (non-hydrogen) atoms. The first-order chi connectivity index (χ1) is 18.8. The van der Waals surface area contributed by atoms with Gasteiger partial charge in [0.05, 0.1) is 0 Å². The van der Waals surface area contributed by atoms with Gasteiger partial charge in [-0.15, -0.1) is 0 Å². The van der Waals surface area contributed by atoms with Gasteiger partial charge in [-0.2, -0.15) is 0 Å². The average molecular weight is 593 g/mol. The van der Waals surface area contributed by atoms with E-state index in [1.165, 1.54) is 11.1 Å². The molecule has 3 aromatic rings. The van der Waals surface area contributed by atoms with Crippen LogP contribution in [-0.4, -0.2) is 10.0 Å². The van der Waals surface area contributed by atoms with Crippen molar-refractivity contribution < 1.29 is 13.9 Å². The topological polar surface area (TPSA) is 38.7 Å². The molecule has 0 aliphatic heterocycles. The summed E-state index contributed by atoms with van der Waals surface area (Å²) in [6, 6.07) is 22.3. The van der Waals surface area contributed by atoms with E-state index < -0.39 is 12.4 Å². The first-order valence-corrected chi connectivity index (χ1v) is 17.3. The van der Waals surface area contributed by atoms with Crippen LogP contribution in [0.3, 0.4) is 0 Å². The summed E-state index contributed by atoms with van der Waals surface area (Å²) >= 11 is 0. The molecule has 232 valence electrons. The van der Waals surface area contributed by atoms with Crippen LogP contribution >= 0.6 is 7.28 Å². The molecule has 0 atom stereocenters. The second-order valence-electron chi connectivity index (χ2n) is 17.0. The van der Waals surface area contributed by atoms with Crippen molar-refractivity contribution in [2.75, 3.05) is 0 Å². The number of benzene rings is 3. The molecule has 3 aromatic carbocycles. The van der Waals surface area contributed by atoms with Gasteiger partial charge in [0.15, 0.2) is 0 Å². The average Bonchev–Trinajstić information content (AvgIpc) is 2.81. The molecule has 0 saturated carbocycles. The molecule has 4 heteroatoms. The molecule has 0 heterocycles. The van der Waals surface area contributed by atoms with E-state index in [4.69, 9.17) is 9.05 Å². The Morgan fingerprint density at radius 1 is 0.452 bits per heavy atom. The van der Waals surface area contributed by atoms with Crippen LogP contribution in [0.1, 0.15) is 126 Å². The third-order valence-electron chi connectivity index (χ3n) is 8.10. The molecular formula is C38H57O3P. The van der Waals surface area contributed by atoms with Gasteiger partial charge in [0.25, 0.3) is 0 Å². The van der Waals surface area contributed by atoms with Crippen LogP contribution in [0.5, 0.6) is 11.5 Å². The van der Waals surface area contributed by atoms with Gasteiger partial charge in [0.2, 0.25) is 0 Å². The van der Waals surface area contributed by atoms with Crippen molar-refractivity contribution in [3.05, 3.63) is 89.0 Å². The molecule has 0 unspecified atom stereocenters. The van der Waals surface area contributed by atoms with E-state index >= 15 is 0 Å². The monoisotopic (exact) mass is 592 g/mol. The summed E-state index contributed by atoms with van der Waals surface area (Å²) in [5, 5.41) is -0.148. The molecule has 0 saturated heterocycles. The Morgan fingerprint density at radius 3 is 1.10 bits per heavy atom. The van der Waals surface area contributed by atoms with E-state index in [-0.39, 0.29) is 21.7 Å². The third-order valence-corrected chi connectivity index (χ3v) is 12.7. The molecule has 1 N–H and O–H groups in total. The van der Waals surface area contributed by atoms with Crippen LogP contribution in [0.2, 0.25) is 0 Å². The Morgan fingerprint density at radius 2 is 0.810 bits per heavy atom. The van der Waals surface area contributed by atoms with Crippen LogP contribution in [0.4, 0.5) is 0 Å². The summed E-state index contributed by atoms with van der Waals surface area (Å²) in [5.41, 5.74) is 3.84. The van der Waals surface area contributed by atoms with Gasteiger partial charge >= 0.3 is 258 Å². The Labute approximate surface area is 257 Å². The fraction of sp³-hybridized carbons (Fsp3) is 0.526. The predicted molar refractivity (Wildman–Crippen MR) is 184 cm³/mol. The minimum atomic E-state index is -4.77. The number of hydrogen-bond donors (Lipinski definition) is 1. The Bertz CT molecular complexity index is 1320. The van der Waals surface area contributed by atoms with Crippen molar-refractivity contribution in [1.29, 1.82) is 0 Å². The van der Waals surface area contributed by atoms with Crippen molar-refractivity contribution in [2.24, 2.45) is 0 Å². The van der Waals surface area contributed by atoms with E-state index in [2.05, 4.69) is 95.2 Å². The maximum absolute atomic E-state index is 13.7. The number of hydrogen-bond acceptors (Lipinski definition) is 3. The van der Waals surface area contributed by atoms with Crippen molar-refractivity contribution >= 4 is 12.6 Å². The molecule has 0 aliphatic rings. The van der Waals surface area contributed by atoms with Gasteiger partial charge in [-0.3, -0.25) is 0 Å². The molecule has 0 aliphatic carbocycles. The second kappa shape index (κ2) is 10.7. The Balaban J connectivity index is 2.52. The van der Waals surface area contributed by atoms with Crippen LogP contribution < -0.4 is 14.4 Å². The summed E-state index contributed by atoms with van der Waals surface area (Å²) in [5.74, 6) is 1.33. The van der Waals surface area contributed by atoms with Crippen molar-refractivity contribution in [2.45, 2.75) is 131 Å². The minimum absolute atomic E-state index is 0.121. The zero-order chi connectivity index (χ0) is 32.2. The predicted octanol–water partition coefficient (Wildman–Crippen LogP) is 10.7. The fourth-order valence-corrected chi connectivity index (χ4v) is 9.16. The third kappa shape index (κ3) is 6.29. The van der Waals surface area contributed by atoms with Crippen LogP contribution in [-0.2, 0) is 21.7 Å². The standard InChI is InChI=1S/C38H57O3P/c1-34(2,3)28-23-19-25-30(32(28)36(7,8)9)40-42(39,38(13,14)15,27-21-17-16-18-22-27)41-31-26-20-24-29(35(4,5)6)33(31)37(10,11)12/h16-26,39H,1-15H3. The molecule has 0 radical (unpaired) electrons. The first kappa shape index (κ1) is 34.1. The zero-order valence-corrected chi connectivity index (χ0v) is 30.0. The van der Waals surface area contributed by atoms with Crippen LogP contribution in [0.15, 0.2) is 66.7 Å². The van der Waals surface area contributed by atoms with Gasteiger partial charge < -0.3 is 0 Å². The van der Waals surface area contributed by atoms with E-state index in [0.717, 1.165) is 11.1 Å². The molecule has 0 fully saturated rings. The molecule has 0 spiro atoms. The quantitative estimate of drug-likeness (QED) is 0.300. The summed E-state index contributed by atoms with van der Waals surface area (Å²) < 4.78 is 14.6. The normalized spacial score (nSPS) is 14.7. The van der Waals surface area contributed by atoms with E-state index in [0.29, 0.717) is 16.8 Å². The molecule has 0 amide bonds. The SMILES string of the molecule is CC(C)(C)c1cccc(OP(O)(Oc2cccc(C(C)(C)C)c2C(C)(C)C)(c2ccccc2)C(C)(C)C)c1C(C)(C)C. The van der Waals surface area contributed by atoms with Crippen molar-refractivity contribution in [3.63, 3.8) is 0 Å². The molecule has 3 rings (SSSR count). The van der Waals surface area contributed by atoms with E-state index in [9.17, 15) is 4.89 Å². The van der Waals surface area contributed by atoms with Crippen LogP contribution in [0.25, 0.3) is 0 Å². The summed E-state index contributed by atoms with van der Waals surface area (Å²) in [6.07, 6.45) is 0. The van der Waals surface area contributed by atoms with Crippen molar-refractivity contribution in [1.82, 2.24) is 0 Å². The summed E-state index contributed by atoms with van der Waals surface area (Å²) in [4.78, 5) is 13.7. The Hall–Kier alpha value is -2.35. The van der Waals surface area contributed by atoms with Gasteiger partial charge in [-0.25, -0.2) is 0 Å². The Kier molecular flexibility index (Phi) is 8.68. The summed E-state index contributed by atoms with van der Waals surface area (Å²) in [6.45, 7) is 32.7. The zero-order valence-electron chi connectivity index (χ0n) is 29.1. The maximum atomic E-state index is 13.7. The van der Waals surface area contributed by atoms with Gasteiger partial charge in [-0.05, 0) is 0 Å². The summed E-state index contributed by atoms with van der Waals surface area (Å²) in [7, 11) is -4.77. The molecule has 0 bridgehead atoms. The fourth-order valence-electron chi connectivity index (χ4n) is 5.85. The number of rotatable bonds is 5. The van der Waals surface area contributed by atoms with Gasteiger partial charge in [-0.1, -0.05) is 0 Å². The van der Waals surface area contributed by atoms with Crippen LogP contribution in [0, 0.1) is 0 Å². The molecular weight excluding hydrogens is 535 g/mol. The van der Waals surface area contributed by atoms with Gasteiger partial charge in [0, 0.05) is 0 Å². The second-order valence-corrected chi connectivity index (χ2v) is 21.0. The van der Waals surface area contributed by atoms with E-state index in [1.54, 1.807) is 0 Å². The van der Waals surface area contributed by atoms with E-state index in [1.807, 2.05) is 75.4 Å².